The van der Waals surface area contributed by atoms with Gasteiger partial charge in [-0.15, -0.1) is 5.10 Å². The van der Waals surface area contributed by atoms with Gasteiger partial charge in [-0.1, -0.05) is 17.3 Å². The normalized spacial score (nSPS) is 13.2. The van der Waals surface area contributed by atoms with Crippen molar-refractivity contribution in [3.05, 3.63) is 41.7 Å². The SMILES string of the molecule is COc1ccc(C(C)NCc2cn(C(C)(C)C)nn2)cc1. The second kappa shape index (κ2) is 6.26. The van der Waals surface area contributed by atoms with Crippen LogP contribution in [-0.4, -0.2) is 22.1 Å². The summed E-state index contributed by atoms with van der Waals surface area (Å²) in [6.07, 6.45) is 1.99. The fraction of sp³-hybridized carbons (Fsp3) is 0.500. The van der Waals surface area contributed by atoms with E-state index in [2.05, 4.69) is 55.5 Å². The van der Waals surface area contributed by atoms with Crippen LogP contribution in [0.1, 0.15) is 45.0 Å². The molecule has 1 N–H and O–H groups in total. The topological polar surface area (TPSA) is 52.0 Å². The Morgan fingerprint density at radius 1 is 1.24 bits per heavy atom. The summed E-state index contributed by atoms with van der Waals surface area (Å²) >= 11 is 0. The van der Waals surface area contributed by atoms with Crippen LogP contribution < -0.4 is 10.1 Å². The van der Waals surface area contributed by atoms with Gasteiger partial charge in [-0.25, -0.2) is 4.68 Å². The van der Waals surface area contributed by atoms with E-state index in [-0.39, 0.29) is 11.6 Å². The molecule has 5 heteroatoms. The minimum Gasteiger partial charge on any atom is -0.497 e. The van der Waals surface area contributed by atoms with E-state index in [1.54, 1.807) is 7.11 Å². The molecule has 0 saturated carbocycles. The molecule has 0 aliphatic rings. The molecule has 0 spiro atoms. The van der Waals surface area contributed by atoms with E-state index in [4.69, 9.17) is 4.74 Å². The summed E-state index contributed by atoms with van der Waals surface area (Å²) in [6, 6.07) is 8.34. The smallest absolute Gasteiger partial charge is 0.118 e. The Morgan fingerprint density at radius 3 is 2.43 bits per heavy atom. The molecule has 1 atom stereocenters. The lowest BCUT2D eigenvalue weighted by molar-refractivity contribution is 0.347. The number of aromatic nitrogens is 3. The number of hydrogen-bond donors (Lipinski definition) is 1. The first-order valence-electron chi connectivity index (χ1n) is 7.19. The third-order valence-corrected chi connectivity index (χ3v) is 3.43. The molecule has 0 aliphatic carbocycles. The Kier molecular flexibility index (Phi) is 4.63. The van der Waals surface area contributed by atoms with Crippen molar-refractivity contribution in [1.29, 1.82) is 0 Å². The number of rotatable bonds is 5. The van der Waals surface area contributed by atoms with Gasteiger partial charge in [0.05, 0.1) is 24.5 Å². The molecule has 0 amide bonds. The van der Waals surface area contributed by atoms with Gasteiger partial charge in [0.15, 0.2) is 0 Å². The lowest BCUT2D eigenvalue weighted by Gasteiger charge is -2.17. The van der Waals surface area contributed by atoms with Gasteiger partial charge in [0.25, 0.3) is 0 Å². The molecule has 114 valence electrons. The zero-order valence-corrected chi connectivity index (χ0v) is 13.4. The molecule has 2 aromatic rings. The van der Waals surface area contributed by atoms with Crippen molar-refractivity contribution < 1.29 is 4.74 Å². The number of ether oxygens (including phenoxy) is 1. The molecule has 2 rings (SSSR count). The quantitative estimate of drug-likeness (QED) is 0.919. The molecule has 5 nitrogen and oxygen atoms in total. The summed E-state index contributed by atoms with van der Waals surface area (Å²) in [4.78, 5) is 0. The summed E-state index contributed by atoms with van der Waals surface area (Å²) < 4.78 is 7.06. The molecular formula is C16H24N4O. The Labute approximate surface area is 126 Å². The van der Waals surface area contributed by atoms with Gasteiger partial charge in [0.2, 0.25) is 0 Å². The summed E-state index contributed by atoms with van der Waals surface area (Å²) in [5, 5.41) is 11.8. The largest absolute Gasteiger partial charge is 0.497 e. The average Bonchev–Trinajstić information content (AvgIpc) is 2.94. The first kappa shape index (κ1) is 15.5. The van der Waals surface area contributed by atoms with Crippen LogP contribution in [0.25, 0.3) is 0 Å². The monoisotopic (exact) mass is 288 g/mol. The van der Waals surface area contributed by atoms with Crippen LogP contribution >= 0.6 is 0 Å². The number of benzene rings is 1. The zero-order valence-electron chi connectivity index (χ0n) is 13.4. The highest BCUT2D eigenvalue weighted by Crippen LogP contribution is 2.18. The van der Waals surface area contributed by atoms with Crippen molar-refractivity contribution in [2.24, 2.45) is 0 Å². The zero-order chi connectivity index (χ0) is 15.5. The predicted octanol–water partition coefficient (Wildman–Crippen LogP) is 2.89. The molecule has 21 heavy (non-hydrogen) atoms. The van der Waals surface area contributed by atoms with Gasteiger partial charge < -0.3 is 10.1 Å². The van der Waals surface area contributed by atoms with Gasteiger partial charge in [-0.3, -0.25) is 0 Å². The fourth-order valence-corrected chi connectivity index (χ4v) is 1.98. The van der Waals surface area contributed by atoms with Crippen LogP contribution in [0.5, 0.6) is 5.75 Å². The highest BCUT2D eigenvalue weighted by Gasteiger charge is 2.15. The number of hydrogen-bond acceptors (Lipinski definition) is 4. The Hall–Kier alpha value is -1.88. The van der Waals surface area contributed by atoms with Crippen LogP contribution in [0, 0.1) is 0 Å². The van der Waals surface area contributed by atoms with Gasteiger partial charge in [0.1, 0.15) is 5.75 Å². The average molecular weight is 288 g/mol. The maximum Gasteiger partial charge on any atom is 0.118 e. The van der Waals surface area contributed by atoms with Crippen LogP contribution in [0.15, 0.2) is 30.5 Å². The molecule has 0 radical (unpaired) electrons. The van der Waals surface area contributed by atoms with Crippen molar-refractivity contribution in [3.8, 4) is 5.75 Å². The van der Waals surface area contributed by atoms with E-state index < -0.39 is 0 Å². The standard InChI is InChI=1S/C16H24N4O/c1-12(13-6-8-15(21-5)9-7-13)17-10-14-11-20(19-18-14)16(2,3)4/h6-9,11-12,17H,10H2,1-5H3. The molecule has 0 aliphatic heterocycles. The van der Waals surface area contributed by atoms with Crippen molar-refractivity contribution in [2.75, 3.05) is 7.11 Å². The van der Waals surface area contributed by atoms with Gasteiger partial charge in [0, 0.05) is 12.6 Å². The van der Waals surface area contributed by atoms with E-state index in [1.165, 1.54) is 5.56 Å². The third kappa shape index (κ3) is 4.04. The number of nitrogens with zero attached hydrogens (tertiary/aromatic N) is 3. The van der Waals surface area contributed by atoms with Gasteiger partial charge >= 0.3 is 0 Å². The molecule has 1 unspecified atom stereocenters. The Morgan fingerprint density at radius 2 is 1.90 bits per heavy atom. The minimum absolute atomic E-state index is 0.0349. The van der Waals surface area contributed by atoms with E-state index in [0.29, 0.717) is 6.54 Å². The number of methoxy groups -OCH3 is 1. The molecule has 0 saturated heterocycles. The van der Waals surface area contributed by atoms with Crippen molar-refractivity contribution >= 4 is 0 Å². The van der Waals surface area contributed by atoms with Crippen molar-refractivity contribution in [1.82, 2.24) is 20.3 Å². The first-order chi connectivity index (χ1) is 9.90. The van der Waals surface area contributed by atoms with Gasteiger partial charge in [-0.2, -0.15) is 0 Å². The fourth-order valence-electron chi connectivity index (χ4n) is 1.98. The van der Waals surface area contributed by atoms with Crippen molar-refractivity contribution in [2.45, 2.75) is 45.8 Å². The highest BCUT2D eigenvalue weighted by atomic mass is 16.5. The van der Waals surface area contributed by atoms with Crippen LogP contribution in [-0.2, 0) is 12.1 Å². The lowest BCUT2D eigenvalue weighted by Crippen LogP contribution is -2.22. The highest BCUT2D eigenvalue weighted by molar-refractivity contribution is 5.28. The summed E-state index contributed by atoms with van der Waals surface area (Å²) in [6.45, 7) is 9.16. The molecule has 1 aromatic carbocycles. The molecule has 1 aromatic heterocycles. The Bertz CT molecular complexity index is 569. The number of nitrogens with one attached hydrogen (secondary N) is 1. The summed E-state index contributed by atoms with van der Waals surface area (Å²) in [7, 11) is 1.68. The lowest BCUT2D eigenvalue weighted by atomic mass is 10.1. The third-order valence-electron chi connectivity index (χ3n) is 3.43. The molecule has 1 heterocycles. The minimum atomic E-state index is -0.0349. The van der Waals surface area contributed by atoms with E-state index >= 15 is 0 Å². The van der Waals surface area contributed by atoms with Crippen LogP contribution in [0.3, 0.4) is 0 Å². The predicted molar refractivity (Wildman–Crippen MR) is 83.3 cm³/mol. The van der Waals surface area contributed by atoms with Gasteiger partial charge in [-0.05, 0) is 45.4 Å². The second-order valence-corrected chi connectivity index (χ2v) is 6.20. The Balaban J connectivity index is 1.94. The molecule has 0 fully saturated rings. The summed E-state index contributed by atoms with van der Waals surface area (Å²) in [5.74, 6) is 0.874. The second-order valence-electron chi connectivity index (χ2n) is 6.20. The first-order valence-corrected chi connectivity index (χ1v) is 7.19. The molecule has 0 bridgehead atoms. The van der Waals surface area contributed by atoms with E-state index in [1.807, 2.05) is 23.0 Å². The van der Waals surface area contributed by atoms with Crippen LogP contribution in [0.4, 0.5) is 0 Å². The van der Waals surface area contributed by atoms with E-state index in [0.717, 1.165) is 11.4 Å². The van der Waals surface area contributed by atoms with Crippen molar-refractivity contribution in [3.63, 3.8) is 0 Å². The van der Waals surface area contributed by atoms with E-state index in [9.17, 15) is 0 Å². The van der Waals surface area contributed by atoms with Crippen LogP contribution in [0.2, 0.25) is 0 Å². The maximum atomic E-state index is 5.17. The molecular weight excluding hydrogens is 264 g/mol. The maximum absolute atomic E-state index is 5.17. The summed E-state index contributed by atoms with van der Waals surface area (Å²) in [5.41, 5.74) is 2.14.